The molecule has 0 unspecified atom stereocenters. The topological polar surface area (TPSA) is 61.9 Å². The van der Waals surface area contributed by atoms with Crippen LogP contribution >= 0.6 is 0 Å². The molecule has 0 aliphatic heterocycles. The van der Waals surface area contributed by atoms with Gasteiger partial charge in [-0.05, 0) is 24.2 Å². The van der Waals surface area contributed by atoms with Gasteiger partial charge in [-0.3, -0.25) is 14.7 Å². The molecule has 5 heteroatoms. The molecule has 0 bridgehead atoms. The van der Waals surface area contributed by atoms with E-state index in [0.717, 1.165) is 24.3 Å². The van der Waals surface area contributed by atoms with Crippen LogP contribution in [-0.4, -0.2) is 26.4 Å². The van der Waals surface area contributed by atoms with Crippen LogP contribution in [-0.2, 0) is 13.1 Å². The Hall–Kier alpha value is -2.79. The highest BCUT2D eigenvalue weighted by Gasteiger charge is 2.09. The van der Waals surface area contributed by atoms with Crippen molar-refractivity contribution in [3.05, 3.63) is 82.5 Å². The second kappa shape index (κ2) is 7.66. The number of hydrogen-bond donors (Lipinski definition) is 1. The summed E-state index contributed by atoms with van der Waals surface area (Å²) in [6.07, 6.45) is 3.59. The van der Waals surface area contributed by atoms with E-state index in [9.17, 15) is 4.79 Å². The van der Waals surface area contributed by atoms with Gasteiger partial charge < -0.3 is 4.98 Å². The van der Waals surface area contributed by atoms with Gasteiger partial charge in [0.2, 0.25) is 0 Å². The third-order valence-corrected chi connectivity index (χ3v) is 3.83. The van der Waals surface area contributed by atoms with Gasteiger partial charge in [0.05, 0.1) is 5.69 Å². The SMILES string of the molecule is CCN(Cc1ccncc1)Cc1cc(=O)[nH]c(-c2ccccc2)n1. The summed E-state index contributed by atoms with van der Waals surface area (Å²) in [6, 6.07) is 15.3. The molecule has 1 aromatic carbocycles. The molecule has 5 nitrogen and oxygen atoms in total. The van der Waals surface area contributed by atoms with Crippen LogP contribution in [0.5, 0.6) is 0 Å². The Morgan fingerprint density at radius 1 is 1.04 bits per heavy atom. The van der Waals surface area contributed by atoms with Crippen LogP contribution in [0.15, 0.2) is 65.7 Å². The monoisotopic (exact) mass is 320 g/mol. The van der Waals surface area contributed by atoms with Crippen molar-refractivity contribution in [2.24, 2.45) is 0 Å². The Kier molecular flexibility index (Phi) is 5.13. The number of rotatable bonds is 6. The average molecular weight is 320 g/mol. The maximum atomic E-state index is 12.0. The van der Waals surface area contributed by atoms with Crippen molar-refractivity contribution < 1.29 is 0 Å². The van der Waals surface area contributed by atoms with E-state index in [1.165, 1.54) is 5.56 Å². The molecular weight excluding hydrogens is 300 g/mol. The summed E-state index contributed by atoms with van der Waals surface area (Å²) in [5, 5.41) is 0. The first-order valence-corrected chi connectivity index (χ1v) is 8.01. The lowest BCUT2D eigenvalue weighted by Crippen LogP contribution is -2.24. The molecule has 0 aliphatic carbocycles. The molecule has 122 valence electrons. The normalized spacial score (nSPS) is 10.9. The zero-order valence-corrected chi connectivity index (χ0v) is 13.6. The van der Waals surface area contributed by atoms with Crippen molar-refractivity contribution >= 4 is 0 Å². The second-order valence-corrected chi connectivity index (χ2v) is 5.61. The minimum absolute atomic E-state index is 0.126. The van der Waals surface area contributed by atoms with Crippen LogP contribution in [0.25, 0.3) is 11.4 Å². The summed E-state index contributed by atoms with van der Waals surface area (Å²) >= 11 is 0. The molecule has 0 saturated carbocycles. The lowest BCUT2D eigenvalue weighted by atomic mass is 10.2. The smallest absolute Gasteiger partial charge is 0.251 e. The highest BCUT2D eigenvalue weighted by atomic mass is 16.1. The predicted molar refractivity (Wildman–Crippen MR) is 94.3 cm³/mol. The van der Waals surface area contributed by atoms with E-state index < -0.39 is 0 Å². The Morgan fingerprint density at radius 3 is 2.50 bits per heavy atom. The van der Waals surface area contributed by atoms with E-state index in [0.29, 0.717) is 12.4 Å². The lowest BCUT2D eigenvalue weighted by molar-refractivity contribution is 0.268. The summed E-state index contributed by atoms with van der Waals surface area (Å²) in [5.74, 6) is 0.609. The van der Waals surface area contributed by atoms with Gasteiger partial charge in [0.15, 0.2) is 0 Å². The number of hydrogen-bond acceptors (Lipinski definition) is 4. The van der Waals surface area contributed by atoms with Gasteiger partial charge in [0.25, 0.3) is 5.56 Å². The molecule has 1 N–H and O–H groups in total. The zero-order valence-electron chi connectivity index (χ0n) is 13.6. The minimum Gasteiger partial charge on any atom is -0.307 e. The quantitative estimate of drug-likeness (QED) is 0.758. The van der Waals surface area contributed by atoms with Gasteiger partial charge in [-0.15, -0.1) is 0 Å². The van der Waals surface area contributed by atoms with Crippen molar-refractivity contribution in [2.75, 3.05) is 6.54 Å². The van der Waals surface area contributed by atoms with E-state index in [4.69, 9.17) is 0 Å². The van der Waals surface area contributed by atoms with Crippen molar-refractivity contribution in [3.8, 4) is 11.4 Å². The van der Waals surface area contributed by atoms with Crippen LogP contribution < -0.4 is 5.56 Å². The Morgan fingerprint density at radius 2 is 1.79 bits per heavy atom. The predicted octanol–water partition coefficient (Wildman–Crippen LogP) is 2.85. The highest BCUT2D eigenvalue weighted by Crippen LogP contribution is 2.14. The van der Waals surface area contributed by atoms with Crippen LogP contribution in [0, 0.1) is 0 Å². The van der Waals surface area contributed by atoms with E-state index in [1.807, 2.05) is 42.5 Å². The van der Waals surface area contributed by atoms with Gasteiger partial charge in [0.1, 0.15) is 5.82 Å². The number of aromatic nitrogens is 3. The maximum Gasteiger partial charge on any atom is 0.251 e. The molecular formula is C19H20N4O. The van der Waals surface area contributed by atoms with Crippen LogP contribution in [0.3, 0.4) is 0 Å². The second-order valence-electron chi connectivity index (χ2n) is 5.61. The maximum absolute atomic E-state index is 12.0. The molecule has 2 aromatic heterocycles. The van der Waals surface area contributed by atoms with Crippen LogP contribution in [0.2, 0.25) is 0 Å². The Bertz CT molecular complexity index is 831. The summed E-state index contributed by atoms with van der Waals surface area (Å²) in [5.41, 5.74) is 2.75. The molecule has 3 rings (SSSR count). The number of nitrogens with one attached hydrogen (secondary N) is 1. The molecule has 0 fully saturated rings. The molecule has 0 atom stereocenters. The average Bonchev–Trinajstić information content (AvgIpc) is 2.62. The molecule has 2 heterocycles. The van der Waals surface area contributed by atoms with E-state index in [2.05, 4.69) is 26.8 Å². The standard InChI is InChI=1S/C19H20N4O/c1-2-23(13-15-8-10-20-11-9-15)14-17-12-18(24)22-19(21-17)16-6-4-3-5-7-16/h3-12H,2,13-14H2,1H3,(H,21,22,24). The van der Waals surface area contributed by atoms with Crippen molar-refractivity contribution in [1.82, 2.24) is 19.9 Å². The lowest BCUT2D eigenvalue weighted by Gasteiger charge is -2.20. The first kappa shape index (κ1) is 16.1. The number of nitrogens with zero attached hydrogens (tertiary/aromatic N) is 3. The number of benzene rings is 1. The molecule has 0 saturated heterocycles. The fourth-order valence-electron chi connectivity index (χ4n) is 2.58. The largest absolute Gasteiger partial charge is 0.307 e. The number of pyridine rings is 1. The minimum atomic E-state index is -0.126. The molecule has 0 spiro atoms. The zero-order chi connectivity index (χ0) is 16.8. The van der Waals surface area contributed by atoms with E-state index in [1.54, 1.807) is 18.5 Å². The first-order chi connectivity index (χ1) is 11.7. The molecule has 0 aliphatic rings. The van der Waals surface area contributed by atoms with Gasteiger partial charge in [-0.1, -0.05) is 37.3 Å². The Labute approximate surface area is 141 Å². The fourth-order valence-corrected chi connectivity index (χ4v) is 2.58. The summed E-state index contributed by atoms with van der Waals surface area (Å²) in [6.45, 7) is 4.40. The third-order valence-electron chi connectivity index (χ3n) is 3.83. The van der Waals surface area contributed by atoms with Gasteiger partial charge in [-0.25, -0.2) is 4.98 Å². The summed E-state index contributed by atoms with van der Waals surface area (Å²) in [4.78, 5) is 25.7. The van der Waals surface area contributed by atoms with Crippen LogP contribution in [0.1, 0.15) is 18.2 Å². The van der Waals surface area contributed by atoms with Gasteiger partial charge in [0, 0.05) is 37.1 Å². The third kappa shape index (κ3) is 4.14. The van der Waals surface area contributed by atoms with Gasteiger partial charge in [-0.2, -0.15) is 0 Å². The van der Waals surface area contributed by atoms with Crippen molar-refractivity contribution in [1.29, 1.82) is 0 Å². The van der Waals surface area contributed by atoms with E-state index >= 15 is 0 Å². The van der Waals surface area contributed by atoms with E-state index in [-0.39, 0.29) is 5.56 Å². The fraction of sp³-hybridized carbons (Fsp3) is 0.211. The van der Waals surface area contributed by atoms with Crippen molar-refractivity contribution in [3.63, 3.8) is 0 Å². The van der Waals surface area contributed by atoms with Crippen molar-refractivity contribution in [2.45, 2.75) is 20.0 Å². The number of aromatic amines is 1. The first-order valence-electron chi connectivity index (χ1n) is 8.01. The summed E-state index contributed by atoms with van der Waals surface area (Å²) < 4.78 is 0. The molecule has 3 aromatic rings. The number of H-pyrrole nitrogens is 1. The van der Waals surface area contributed by atoms with Gasteiger partial charge >= 0.3 is 0 Å². The molecule has 24 heavy (non-hydrogen) atoms. The Balaban J connectivity index is 1.81. The summed E-state index contributed by atoms with van der Waals surface area (Å²) in [7, 11) is 0. The highest BCUT2D eigenvalue weighted by molar-refractivity contribution is 5.54. The molecule has 0 radical (unpaired) electrons. The molecule has 0 amide bonds. The van der Waals surface area contributed by atoms with Crippen LogP contribution in [0.4, 0.5) is 0 Å².